The van der Waals surface area contributed by atoms with Crippen LogP contribution < -0.4 is 5.32 Å². The minimum absolute atomic E-state index is 0.128. The lowest BCUT2D eigenvalue weighted by molar-refractivity contribution is -0.123. The topological polar surface area (TPSA) is 41.6 Å². The molecular formula is C11H20N2O2. The van der Waals surface area contributed by atoms with Crippen LogP contribution in [0.25, 0.3) is 0 Å². The van der Waals surface area contributed by atoms with Crippen molar-refractivity contribution < 1.29 is 9.53 Å². The molecule has 0 spiro atoms. The van der Waals surface area contributed by atoms with Gasteiger partial charge in [0.25, 0.3) is 0 Å². The van der Waals surface area contributed by atoms with E-state index >= 15 is 0 Å². The zero-order valence-corrected chi connectivity index (χ0v) is 9.53. The molecule has 2 rings (SSSR count). The summed E-state index contributed by atoms with van der Waals surface area (Å²) in [5, 5.41) is 2.69. The highest BCUT2D eigenvalue weighted by molar-refractivity contribution is 5.77. The number of amides is 1. The van der Waals surface area contributed by atoms with Gasteiger partial charge in [-0.2, -0.15) is 0 Å². The summed E-state index contributed by atoms with van der Waals surface area (Å²) in [6.07, 6.45) is 5.03. The maximum atomic E-state index is 11.4. The molecule has 2 unspecified atom stereocenters. The number of piperidine rings is 1. The minimum atomic E-state index is 0.128. The van der Waals surface area contributed by atoms with Gasteiger partial charge in [0, 0.05) is 26.2 Å². The lowest BCUT2D eigenvalue weighted by Gasteiger charge is -2.37. The molecule has 15 heavy (non-hydrogen) atoms. The Hall–Kier alpha value is -0.610. The van der Waals surface area contributed by atoms with E-state index in [0.717, 1.165) is 12.8 Å². The van der Waals surface area contributed by atoms with Gasteiger partial charge in [-0.25, -0.2) is 0 Å². The summed E-state index contributed by atoms with van der Waals surface area (Å²) >= 11 is 0. The maximum absolute atomic E-state index is 11.4. The first kappa shape index (κ1) is 10.9. The van der Waals surface area contributed by atoms with Crippen molar-refractivity contribution in [2.24, 2.45) is 0 Å². The number of rotatable bonds is 3. The van der Waals surface area contributed by atoms with E-state index in [1.807, 2.05) is 0 Å². The van der Waals surface area contributed by atoms with Gasteiger partial charge in [0.15, 0.2) is 0 Å². The predicted octanol–water partition coefficient (Wildman–Crippen LogP) is 0.374. The van der Waals surface area contributed by atoms with Crippen LogP contribution >= 0.6 is 0 Å². The Morgan fingerprint density at radius 1 is 1.40 bits per heavy atom. The Kier molecular flexibility index (Phi) is 3.26. The third-order valence-corrected chi connectivity index (χ3v) is 3.78. The normalized spacial score (nSPS) is 35.5. The number of methoxy groups -OCH3 is 1. The third-order valence-electron chi connectivity index (χ3n) is 3.78. The van der Waals surface area contributed by atoms with E-state index in [1.54, 1.807) is 14.2 Å². The number of nitrogens with zero attached hydrogens (tertiary/aromatic N) is 1. The molecule has 0 aromatic heterocycles. The van der Waals surface area contributed by atoms with E-state index in [0.29, 0.717) is 24.7 Å². The van der Waals surface area contributed by atoms with E-state index < -0.39 is 0 Å². The fourth-order valence-electron chi connectivity index (χ4n) is 2.92. The smallest absolute Gasteiger partial charge is 0.233 e. The summed E-state index contributed by atoms with van der Waals surface area (Å²) in [5.41, 5.74) is 0. The third kappa shape index (κ3) is 2.16. The van der Waals surface area contributed by atoms with Gasteiger partial charge in [0.05, 0.1) is 12.6 Å². The van der Waals surface area contributed by atoms with Crippen molar-refractivity contribution in [2.45, 2.75) is 43.9 Å². The second-order valence-electron chi connectivity index (χ2n) is 4.56. The second kappa shape index (κ2) is 4.49. The first-order chi connectivity index (χ1) is 7.24. The van der Waals surface area contributed by atoms with Crippen LogP contribution in [0.15, 0.2) is 0 Å². The minimum Gasteiger partial charge on any atom is -0.381 e. The molecule has 2 heterocycles. The highest BCUT2D eigenvalue weighted by atomic mass is 16.5. The molecule has 0 saturated carbocycles. The van der Waals surface area contributed by atoms with Crippen LogP contribution in [0.1, 0.15) is 25.7 Å². The van der Waals surface area contributed by atoms with Crippen molar-refractivity contribution in [1.82, 2.24) is 10.2 Å². The molecule has 1 N–H and O–H groups in total. The van der Waals surface area contributed by atoms with Crippen LogP contribution in [0.2, 0.25) is 0 Å². The zero-order chi connectivity index (χ0) is 10.8. The number of nitrogens with one attached hydrogen (secondary N) is 1. The molecular weight excluding hydrogens is 192 g/mol. The van der Waals surface area contributed by atoms with Crippen molar-refractivity contribution in [3.8, 4) is 0 Å². The summed E-state index contributed by atoms with van der Waals surface area (Å²) in [4.78, 5) is 13.7. The maximum Gasteiger partial charge on any atom is 0.233 e. The van der Waals surface area contributed by atoms with Crippen molar-refractivity contribution in [3.63, 3.8) is 0 Å². The summed E-state index contributed by atoms with van der Waals surface area (Å²) in [7, 11) is 3.49. The van der Waals surface area contributed by atoms with Gasteiger partial charge in [0.2, 0.25) is 5.91 Å². The molecule has 4 heteroatoms. The number of carbonyl (C=O) groups is 1. The largest absolute Gasteiger partial charge is 0.381 e. The summed E-state index contributed by atoms with van der Waals surface area (Å²) in [5.74, 6) is 0.128. The number of hydrogen-bond acceptors (Lipinski definition) is 3. The molecule has 2 atom stereocenters. The van der Waals surface area contributed by atoms with Crippen molar-refractivity contribution >= 4 is 5.91 Å². The van der Waals surface area contributed by atoms with Crippen LogP contribution in [0, 0.1) is 0 Å². The van der Waals surface area contributed by atoms with Crippen molar-refractivity contribution in [1.29, 1.82) is 0 Å². The zero-order valence-electron chi connectivity index (χ0n) is 9.53. The van der Waals surface area contributed by atoms with Gasteiger partial charge in [-0.15, -0.1) is 0 Å². The van der Waals surface area contributed by atoms with Crippen LogP contribution in [-0.4, -0.2) is 49.7 Å². The number of carbonyl (C=O) groups excluding carboxylic acids is 1. The first-order valence-electron chi connectivity index (χ1n) is 5.73. The van der Waals surface area contributed by atoms with Gasteiger partial charge >= 0.3 is 0 Å². The molecule has 0 aliphatic carbocycles. The number of likely N-dealkylation sites (N-methyl/N-ethyl adjacent to an activating group) is 1. The number of ether oxygens (including phenoxy) is 1. The quantitative estimate of drug-likeness (QED) is 0.735. The Balaban J connectivity index is 1.95. The van der Waals surface area contributed by atoms with E-state index in [2.05, 4.69) is 10.2 Å². The lowest BCUT2D eigenvalue weighted by atomic mass is 10.00. The predicted molar refractivity (Wildman–Crippen MR) is 57.6 cm³/mol. The highest BCUT2D eigenvalue weighted by Gasteiger charge is 2.41. The van der Waals surface area contributed by atoms with Gasteiger partial charge in [-0.05, 0) is 25.7 Å². The van der Waals surface area contributed by atoms with Gasteiger partial charge < -0.3 is 10.1 Å². The Morgan fingerprint density at radius 2 is 2.00 bits per heavy atom. The molecule has 2 bridgehead atoms. The molecule has 4 nitrogen and oxygen atoms in total. The van der Waals surface area contributed by atoms with Gasteiger partial charge in [-0.3, -0.25) is 9.69 Å². The molecule has 1 amide bonds. The average molecular weight is 212 g/mol. The Labute approximate surface area is 91.0 Å². The summed E-state index contributed by atoms with van der Waals surface area (Å²) < 4.78 is 5.42. The van der Waals surface area contributed by atoms with Crippen LogP contribution in [0.3, 0.4) is 0 Å². The van der Waals surface area contributed by atoms with E-state index in [9.17, 15) is 4.79 Å². The van der Waals surface area contributed by atoms with Crippen LogP contribution in [0.4, 0.5) is 0 Å². The highest BCUT2D eigenvalue weighted by Crippen LogP contribution is 2.36. The molecule has 2 saturated heterocycles. The molecule has 0 radical (unpaired) electrons. The standard InChI is InChI=1S/C11H20N2O2/c1-12-11(14)7-13-8-3-4-9(13)6-10(5-8)15-2/h8-10H,3-7H2,1-2H3,(H,12,14). The molecule has 2 aliphatic rings. The van der Waals surface area contributed by atoms with Gasteiger partial charge in [-0.1, -0.05) is 0 Å². The molecule has 2 fully saturated rings. The molecule has 86 valence electrons. The lowest BCUT2D eigenvalue weighted by Crippen LogP contribution is -2.48. The van der Waals surface area contributed by atoms with Crippen LogP contribution in [-0.2, 0) is 9.53 Å². The fourth-order valence-corrected chi connectivity index (χ4v) is 2.92. The molecule has 2 aliphatic heterocycles. The van der Waals surface area contributed by atoms with Gasteiger partial charge in [0.1, 0.15) is 0 Å². The first-order valence-corrected chi connectivity index (χ1v) is 5.73. The van der Waals surface area contributed by atoms with E-state index in [-0.39, 0.29) is 5.91 Å². The number of hydrogen-bond donors (Lipinski definition) is 1. The monoisotopic (exact) mass is 212 g/mol. The molecule has 0 aromatic rings. The number of fused-ring (bicyclic) bond motifs is 2. The Morgan fingerprint density at radius 3 is 2.47 bits per heavy atom. The Bertz CT molecular complexity index is 231. The SMILES string of the molecule is CNC(=O)CN1C2CCC1CC(OC)C2. The summed E-state index contributed by atoms with van der Waals surface area (Å²) in [6, 6.07) is 1.12. The second-order valence-corrected chi connectivity index (χ2v) is 4.56. The van der Waals surface area contributed by atoms with Crippen molar-refractivity contribution in [3.05, 3.63) is 0 Å². The average Bonchev–Trinajstić information content (AvgIpc) is 2.51. The van der Waals surface area contributed by atoms with E-state index in [4.69, 9.17) is 4.74 Å². The van der Waals surface area contributed by atoms with Crippen LogP contribution in [0.5, 0.6) is 0 Å². The molecule has 0 aromatic carbocycles. The van der Waals surface area contributed by atoms with Crippen molar-refractivity contribution in [2.75, 3.05) is 20.7 Å². The summed E-state index contributed by atoms with van der Waals surface area (Å²) in [6.45, 7) is 0.558. The fraction of sp³-hybridized carbons (Fsp3) is 0.909. The van der Waals surface area contributed by atoms with E-state index in [1.165, 1.54) is 12.8 Å².